The number of amides is 1. The van der Waals surface area contributed by atoms with Crippen molar-refractivity contribution in [1.29, 1.82) is 0 Å². The molecule has 1 aromatic carbocycles. The predicted octanol–water partition coefficient (Wildman–Crippen LogP) is 1.99. The Kier molecular flexibility index (Phi) is 4.20. The number of aliphatic hydroxyl groups is 1. The molecule has 3 nitrogen and oxygen atoms in total. The molecule has 0 radical (unpaired) electrons. The molecule has 1 fully saturated rings. The third-order valence-electron chi connectivity index (χ3n) is 4.09. The molecule has 1 aliphatic carbocycles. The summed E-state index contributed by atoms with van der Waals surface area (Å²) < 4.78 is 13.5. The smallest absolute Gasteiger partial charge is 0.230 e. The Balaban J connectivity index is 1.93. The molecule has 0 unspecified atom stereocenters. The molecule has 0 saturated heterocycles. The standard InChI is InChI=1S/C15H20FNO2/c1-17(14(19)15(11-18)8-4-9-15)10-7-12-5-2-3-6-13(12)16/h2-3,5-6,18H,4,7-11H2,1H3. The summed E-state index contributed by atoms with van der Waals surface area (Å²) in [5, 5.41) is 9.38. The molecule has 1 amide bonds. The average Bonchev–Trinajstić information content (AvgIpc) is 2.36. The van der Waals surface area contributed by atoms with Crippen molar-refractivity contribution in [2.24, 2.45) is 5.41 Å². The summed E-state index contributed by atoms with van der Waals surface area (Å²) in [6, 6.07) is 6.61. The third-order valence-corrected chi connectivity index (χ3v) is 4.09. The Morgan fingerprint density at radius 3 is 2.63 bits per heavy atom. The Morgan fingerprint density at radius 2 is 2.11 bits per heavy atom. The maximum atomic E-state index is 13.5. The molecule has 1 aliphatic rings. The number of hydrogen-bond acceptors (Lipinski definition) is 2. The highest BCUT2D eigenvalue weighted by molar-refractivity contribution is 5.83. The van der Waals surface area contributed by atoms with Crippen LogP contribution in [-0.2, 0) is 11.2 Å². The maximum Gasteiger partial charge on any atom is 0.230 e. The van der Waals surface area contributed by atoms with Crippen LogP contribution in [0.4, 0.5) is 4.39 Å². The van der Waals surface area contributed by atoms with Crippen LogP contribution < -0.4 is 0 Å². The first kappa shape index (κ1) is 14.0. The minimum absolute atomic E-state index is 0.0161. The van der Waals surface area contributed by atoms with Crippen molar-refractivity contribution in [3.8, 4) is 0 Å². The van der Waals surface area contributed by atoms with Crippen LogP contribution in [0.1, 0.15) is 24.8 Å². The van der Waals surface area contributed by atoms with Crippen LogP contribution in [-0.4, -0.2) is 36.1 Å². The van der Waals surface area contributed by atoms with Crippen molar-refractivity contribution < 1.29 is 14.3 Å². The van der Waals surface area contributed by atoms with Gasteiger partial charge in [0.15, 0.2) is 0 Å². The van der Waals surface area contributed by atoms with E-state index in [1.165, 1.54) is 6.07 Å². The van der Waals surface area contributed by atoms with E-state index in [4.69, 9.17) is 0 Å². The third kappa shape index (κ3) is 2.78. The molecule has 0 aromatic heterocycles. The molecule has 19 heavy (non-hydrogen) atoms. The lowest BCUT2D eigenvalue weighted by Gasteiger charge is -2.41. The minimum Gasteiger partial charge on any atom is -0.395 e. The number of hydrogen-bond donors (Lipinski definition) is 1. The van der Waals surface area contributed by atoms with Gasteiger partial charge in [0.05, 0.1) is 12.0 Å². The van der Waals surface area contributed by atoms with Crippen molar-refractivity contribution in [2.75, 3.05) is 20.2 Å². The summed E-state index contributed by atoms with van der Waals surface area (Å²) in [5.74, 6) is -0.249. The summed E-state index contributed by atoms with van der Waals surface area (Å²) in [7, 11) is 1.72. The molecule has 1 N–H and O–H groups in total. The summed E-state index contributed by atoms with van der Waals surface area (Å²) >= 11 is 0. The van der Waals surface area contributed by atoms with E-state index < -0.39 is 5.41 Å². The molecule has 2 rings (SSSR count). The van der Waals surface area contributed by atoms with E-state index in [9.17, 15) is 14.3 Å². The number of benzene rings is 1. The van der Waals surface area contributed by atoms with Crippen LogP contribution in [0.25, 0.3) is 0 Å². The van der Waals surface area contributed by atoms with Crippen molar-refractivity contribution in [3.05, 3.63) is 35.6 Å². The van der Waals surface area contributed by atoms with Gasteiger partial charge < -0.3 is 10.0 Å². The highest BCUT2D eigenvalue weighted by atomic mass is 19.1. The molecule has 0 heterocycles. The number of aliphatic hydroxyl groups excluding tert-OH is 1. The highest BCUT2D eigenvalue weighted by Gasteiger charge is 2.44. The second kappa shape index (κ2) is 5.70. The van der Waals surface area contributed by atoms with Crippen molar-refractivity contribution in [1.82, 2.24) is 4.90 Å². The zero-order valence-electron chi connectivity index (χ0n) is 11.2. The van der Waals surface area contributed by atoms with E-state index in [1.54, 1.807) is 30.1 Å². The lowest BCUT2D eigenvalue weighted by Crippen LogP contribution is -2.49. The first-order chi connectivity index (χ1) is 9.09. The zero-order chi connectivity index (χ0) is 13.9. The summed E-state index contributed by atoms with van der Waals surface area (Å²) in [5.41, 5.74) is 0.0538. The van der Waals surface area contributed by atoms with E-state index in [-0.39, 0.29) is 18.3 Å². The Morgan fingerprint density at radius 1 is 1.42 bits per heavy atom. The van der Waals surface area contributed by atoms with Gasteiger partial charge in [-0.05, 0) is 30.9 Å². The van der Waals surface area contributed by atoms with Crippen LogP contribution in [0.5, 0.6) is 0 Å². The average molecular weight is 265 g/mol. The van der Waals surface area contributed by atoms with E-state index in [1.807, 2.05) is 0 Å². The van der Waals surface area contributed by atoms with Gasteiger partial charge in [0, 0.05) is 13.6 Å². The maximum absolute atomic E-state index is 13.5. The molecule has 0 spiro atoms. The molecular weight excluding hydrogens is 245 g/mol. The SMILES string of the molecule is CN(CCc1ccccc1F)C(=O)C1(CO)CCC1. The fraction of sp³-hybridized carbons (Fsp3) is 0.533. The molecule has 0 aliphatic heterocycles. The van der Waals surface area contributed by atoms with Crippen molar-refractivity contribution >= 4 is 5.91 Å². The summed E-state index contributed by atoms with van der Waals surface area (Å²) in [4.78, 5) is 13.9. The van der Waals surface area contributed by atoms with Gasteiger partial charge in [0.2, 0.25) is 5.91 Å². The largest absolute Gasteiger partial charge is 0.395 e. The molecule has 0 atom stereocenters. The van der Waals surface area contributed by atoms with E-state index in [2.05, 4.69) is 0 Å². The zero-order valence-corrected chi connectivity index (χ0v) is 11.2. The number of rotatable bonds is 5. The van der Waals surface area contributed by atoms with Crippen molar-refractivity contribution in [3.63, 3.8) is 0 Å². The number of carbonyl (C=O) groups is 1. The summed E-state index contributed by atoms with van der Waals surface area (Å²) in [6.07, 6.45) is 3.00. The van der Waals surface area contributed by atoms with Gasteiger partial charge in [-0.1, -0.05) is 24.6 Å². The van der Waals surface area contributed by atoms with Crippen LogP contribution in [0.3, 0.4) is 0 Å². The quantitative estimate of drug-likeness (QED) is 0.884. The normalized spacial score (nSPS) is 16.8. The monoisotopic (exact) mass is 265 g/mol. The number of nitrogens with zero attached hydrogens (tertiary/aromatic N) is 1. The second-order valence-corrected chi connectivity index (χ2v) is 5.36. The molecule has 1 saturated carbocycles. The van der Waals surface area contributed by atoms with E-state index >= 15 is 0 Å². The molecule has 0 bridgehead atoms. The molecule has 104 valence electrons. The lowest BCUT2D eigenvalue weighted by atomic mass is 9.68. The Hall–Kier alpha value is -1.42. The van der Waals surface area contributed by atoms with Crippen LogP contribution in [0.2, 0.25) is 0 Å². The fourth-order valence-electron chi connectivity index (χ4n) is 2.54. The van der Waals surface area contributed by atoms with Gasteiger partial charge in [-0.3, -0.25) is 4.79 Å². The minimum atomic E-state index is -0.565. The number of likely N-dealkylation sites (N-methyl/N-ethyl adjacent to an activating group) is 1. The first-order valence-corrected chi connectivity index (χ1v) is 6.69. The van der Waals surface area contributed by atoms with Crippen LogP contribution in [0, 0.1) is 11.2 Å². The Bertz CT molecular complexity index is 452. The van der Waals surface area contributed by atoms with E-state index in [0.29, 0.717) is 18.5 Å². The number of carbonyl (C=O) groups excluding carboxylic acids is 1. The van der Waals surface area contributed by atoms with E-state index in [0.717, 1.165) is 19.3 Å². The summed E-state index contributed by atoms with van der Waals surface area (Å²) in [6.45, 7) is 0.386. The molecular formula is C15H20FNO2. The van der Waals surface area contributed by atoms with Crippen LogP contribution >= 0.6 is 0 Å². The lowest BCUT2D eigenvalue weighted by molar-refractivity contribution is -0.149. The Labute approximate surface area is 113 Å². The highest BCUT2D eigenvalue weighted by Crippen LogP contribution is 2.41. The van der Waals surface area contributed by atoms with Gasteiger partial charge >= 0.3 is 0 Å². The van der Waals surface area contributed by atoms with Crippen molar-refractivity contribution in [2.45, 2.75) is 25.7 Å². The van der Waals surface area contributed by atoms with Gasteiger partial charge in [0.25, 0.3) is 0 Å². The van der Waals surface area contributed by atoms with Gasteiger partial charge in [-0.25, -0.2) is 4.39 Å². The topological polar surface area (TPSA) is 40.5 Å². The van der Waals surface area contributed by atoms with Gasteiger partial charge in [-0.2, -0.15) is 0 Å². The van der Waals surface area contributed by atoms with Gasteiger partial charge in [-0.15, -0.1) is 0 Å². The first-order valence-electron chi connectivity index (χ1n) is 6.69. The fourth-order valence-corrected chi connectivity index (χ4v) is 2.54. The second-order valence-electron chi connectivity index (χ2n) is 5.36. The van der Waals surface area contributed by atoms with Crippen LogP contribution in [0.15, 0.2) is 24.3 Å². The molecule has 1 aromatic rings. The molecule has 4 heteroatoms. The predicted molar refractivity (Wildman–Crippen MR) is 71.1 cm³/mol. The van der Waals surface area contributed by atoms with Gasteiger partial charge in [0.1, 0.15) is 5.82 Å². The number of halogens is 1.